The molecule has 1 aliphatic rings. The predicted molar refractivity (Wildman–Crippen MR) is 65.1 cm³/mol. The van der Waals surface area contributed by atoms with Gasteiger partial charge in [0.2, 0.25) is 0 Å². The fraction of sp³-hybridized carbons (Fsp3) is 0.923. The van der Waals surface area contributed by atoms with Crippen LogP contribution >= 0.6 is 0 Å². The summed E-state index contributed by atoms with van der Waals surface area (Å²) in [6, 6.07) is 0. The second kappa shape index (κ2) is 9.57. The Hall–Kier alpha value is -0.450. The summed E-state index contributed by atoms with van der Waals surface area (Å²) in [5.74, 6) is 0.514. The third kappa shape index (κ3) is 6.76. The number of methoxy groups -OCH3 is 1. The average Bonchev–Trinajstić information content (AvgIpc) is 2.38. The second-order valence-electron chi connectivity index (χ2n) is 4.46. The molecule has 1 saturated carbocycles. The first-order valence-electron chi connectivity index (χ1n) is 6.51. The van der Waals surface area contributed by atoms with Crippen molar-refractivity contribution in [3.63, 3.8) is 0 Å². The molecule has 0 aromatic rings. The third-order valence-corrected chi connectivity index (χ3v) is 3.11. The summed E-state index contributed by atoms with van der Waals surface area (Å²) in [6.45, 7) is 2.44. The van der Waals surface area contributed by atoms with Crippen LogP contribution in [0.3, 0.4) is 0 Å². The standard InChI is InChI=1S/C13H24O4/c1-15-7-8-16-9-10-17-11-13(14)12-5-3-2-4-6-12/h12H,2-11H2,1H3. The fourth-order valence-corrected chi connectivity index (χ4v) is 2.08. The van der Waals surface area contributed by atoms with Gasteiger partial charge in [0.05, 0.1) is 26.4 Å². The summed E-state index contributed by atoms with van der Waals surface area (Å²) in [5, 5.41) is 0. The van der Waals surface area contributed by atoms with Crippen molar-refractivity contribution in [1.82, 2.24) is 0 Å². The zero-order chi connectivity index (χ0) is 12.3. The Labute approximate surface area is 104 Å². The summed E-state index contributed by atoms with van der Waals surface area (Å²) < 4.78 is 15.4. The third-order valence-electron chi connectivity index (χ3n) is 3.11. The van der Waals surface area contributed by atoms with E-state index in [1.165, 1.54) is 19.3 Å². The van der Waals surface area contributed by atoms with Gasteiger partial charge in [-0.15, -0.1) is 0 Å². The van der Waals surface area contributed by atoms with Crippen molar-refractivity contribution >= 4 is 5.78 Å². The Morgan fingerprint density at radius 1 is 1.00 bits per heavy atom. The van der Waals surface area contributed by atoms with Gasteiger partial charge in [-0.2, -0.15) is 0 Å². The van der Waals surface area contributed by atoms with Gasteiger partial charge in [-0.1, -0.05) is 19.3 Å². The van der Waals surface area contributed by atoms with E-state index < -0.39 is 0 Å². The smallest absolute Gasteiger partial charge is 0.161 e. The van der Waals surface area contributed by atoms with E-state index in [0.29, 0.717) is 26.4 Å². The summed E-state index contributed by atoms with van der Waals surface area (Å²) in [6.07, 6.45) is 5.75. The maximum atomic E-state index is 11.7. The molecule has 0 atom stereocenters. The van der Waals surface area contributed by atoms with Crippen LogP contribution in [0, 0.1) is 5.92 Å². The number of Topliss-reactive ketones (excluding diaryl/α,β-unsaturated/α-hetero) is 1. The quantitative estimate of drug-likeness (QED) is 0.580. The highest BCUT2D eigenvalue weighted by molar-refractivity contribution is 5.82. The van der Waals surface area contributed by atoms with Crippen LogP contribution in [0.5, 0.6) is 0 Å². The molecule has 0 radical (unpaired) electrons. The number of hydrogen-bond donors (Lipinski definition) is 0. The van der Waals surface area contributed by atoms with E-state index >= 15 is 0 Å². The van der Waals surface area contributed by atoms with E-state index in [1.54, 1.807) is 7.11 Å². The zero-order valence-corrected chi connectivity index (χ0v) is 10.8. The molecule has 0 spiro atoms. The van der Waals surface area contributed by atoms with Crippen molar-refractivity contribution in [3.8, 4) is 0 Å². The molecule has 1 fully saturated rings. The van der Waals surface area contributed by atoms with Gasteiger partial charge < -0.3 is 14.2 Å². The number of carbonyl (C=O) groups is 1. The van der Waals surface area contributed by atoms with E-state index in [9.17, 15) is 4.79 Å². The van der Waals surface area contributed by atoms with Crippen molar-refractivity contribution in [2.45, 2.75) is 32.1 Å². The first kappa shape index (κ1) is 14.6. The summed E-state index contributed by atoms with van der Waals surface area (Å²) in [4.78, 5) is 11.7. The average molecular weight is 244 g/mol. The van der Waals surface area contributed by atoms with Gasteiger partial charge in [0, 0.05) is 13.0 Å². The van der Waals surface area contributed by atoms with Crippen molar-refractivity contribution in [2.75, 3.05) is 40.1 Å². The van der Waals surface area contributed by atoms with Gasteiger partial charge in [0.15, 0.2) is 5.78 Å². The van der Waals surface area contributed by atoms with Gasteiger partial charge in [-0.05, 0) is 12.8 Å². The topological polar surface area (TPSA) is 44.8 Å². The van der Waals surface area contributed by atoms with Gasteiger partial charge in [0.1, 0.15) is 6.61 Å². The first-order valence-corrected chi connectivity index (χ1v) is 6.51. The highest BCUT2D eigenvalue weighted by Crippen LogP contribution is 2.24. The Morgan fingerprint density at radius 3 is 2.35 bits per heavy atom. The minimum Gasteiger partial charge on any atom is -0.382 e. The molecule has 0 saturated heterocycles. The normalized spacial score (nSPS) is 17.2. The van der Waals surface area contributed by atoms with Gasteiger partial charge >= 0.3 is 0 Å². The molecule has 1 aliphatic carbocycles. The Kier molecular flexibility index (Phi) is 8.22. The Morgan fingerprint density at radius 2 is 1.65 bits per heavy atom. The lowest BCUT2D eigenvalue weighted by Gasteiger charge is -2.20. The van der Waals surface area contributed by atoms with Crippen LogP contribution in [0.15, 0.2) is 0 Å². The number of rotatable bonds is 9. The highest BCUT2D eigenvalue weighted by atomic mass is 16.5. The lowest BCUT2D eigenvalue weighted by Crippen LogP contribution is -2.23. The molecular weight excluding hydrogens is 220 g/mol. The maximum absolute atomic E-state index is 11.7. The SMILES string of the molecule is COCCOCCOCC(=O)C1CCCCC1. The molecule has 0 aliphatic heterocycles. The number of hydrogen-bond acceptors (Lipinski definition) is 4. The summed E-state index contributed by atoms with van der Waals surface area (Å²) >= 11 is 0. The molecule has 0 aromatic heterocycles. The van der Waals surface area contributed by atoms with E-state index in [1.807, 2.05) is 0 Å². The Balaban J connectivity index is 1.92. The molecule has 17 heavy (non-hydrogen) atoms. The first-order chi connectivity index (χ1) is 8.34. The molecule has 4 heteroatoms. The van der Waals surface area contributed by atoms with Crippen LogP contribution in [-0.4, -0.2) is 45.9 Å². The second-order valence-corrected chi connectivity index (χ2v) is 4.46. The minimum absolute atomic E-state index is 0.248. The molecule has 0 N–H and O–H groups in total. The number of ether oxygens (including phenoxy) is 3. The Bertz CT molecular complexity index is 200. The lowest BCUT2D eigenvalue weighted by atomic mass is 9.86. The van der Waals surface area contributed by atoms with E-state index in [-0.39, 0.29) is 18.3 Å². The predicted octanol–water partition coefficient (Wildman–Crippen LogP) is 1.82. The lowest BCUT2D eigenvalue weighted by molar-refractivity contribution is -0.129. The molecule has 4 nitrogen and oxygen atoms in total. The minimum atomic E-state index is 0.248. The van der Waals surface area contributed by atoms with Crippen molar-refractivity contribution in [3.05, 3.63) is 0 Å². The monoisotopic (exact) mass is 244 g/mol. The molecule has 0 aromatic carbocycles. The number of carbonyl (C=O) groups excluding carboxylic acids is 1. The van der Waals surface area contributed by atoms with Crippen LogP contribution in [0.25, 0.3) is 0 Å². The highest BCUT2D eigenvalue weighted by Gasteiger charge is 2.20. The fourth-order valence-electron chi connectivity index (χ4n) is 2.08. The van der Waals surface area contributed by atoms with E-state index in [4.69, 9.17) is 14.2 Å². The van der Waals surface area contributed by atoms with Crippen molar-refractivity contribution in [2.24, 2.45) is 5.92 Å². The van der Waals surface area contributed by atoms with Gasteiger partial charge in [-0.25, -0.2) is 0 Å². The molecule has 0 amide bonds. The van der Waals surface area contributed by atoms with Crippen molar-refractivity contribution in [1.29, 1.82) is 0 Å². The summed E-state index contributed by atoms with van der Waals surface area (Å²) in [7, 11) is 1.64. The molecule has 0 heterocycles. The molecule has 0 unspecified atom stereocenters. The van der Waals surface area contributed by atoms with Crippen LogP contribution in [0.2, 0.25) is 0 Å². The largest absolute Gasteiger partial charge is 0.382 e. The molecule has 0 bridgehead atoms. The van der Waals surface area contributed by atoms with Crippen LogP contribution in [0.4, 0.5) is 0 Å². The van der Waals surface area contributed by atoms with Crippen LogP contribution in [0.1, 0.15) is 32.1 Å². The molecule has 100 valence electrons. The van der Waals surface area contributed by atoms with Crippen LogP contribution in [-0.2, 0) is 19.0 Å². The van der Waals surface area contributed by atoms with E-state index in [0.717, 1.165) is 12.8 Å². The molecular formula is C13H24O4. The van der Waals surface area contributed by atoms with Crippen LogP contribution < -0.4 is 0 Å². The molecule has 1 rings (SSSR count). The summed E-state index contributed by atoms with van der Waals surface area (Å²) in [5.41, 5.74) is 0. The van der Waals surface area contributed by atoms with Crippen molar-refractivity contribution < 1.29 is 19.0 Å². The van der Waals surface area contributed by atoms with Gasteiger partial charge in [-0.3, -0.25) is 4.79 Å². The maximum Gasteiger partial charge on any atom is 0.161 e. The van der Waals surface area contributed by atoms with E-state index in [2.05, 4.69) is 0 Å². The zero-order valence-electron chi connectivity index (χ0n) is 10.8. The number of ketones is 1. The van der Waals surface area contributed by atoms with Gasteiger partial charge in [0.25, 0.3) is 0 Å².